The van der Waals surface area contributed by atoms with E-state index in [9.17, 15) is 28.5 Å². The number of hydrazine groups is 2. The van der Waals surface area contributed by atoms with Gasteiger partial charge in [0.15, 0.2) is 5.69 Å². The second kappa shape index (κ2) is 9.76. The standard InChI is InChI=1S/C18H17Cl2F3N4O4S2/c19-8-2-1-7(3-9(8)20)33-17-15(30)13(14(29)11(5-28)31-17)27-4-10(25-26-27)16-24-12(6-32-16)18(21,22)23/h1-4,6,11,13-15,17,25-26,28-30H,5H2/t11?,13?,14-,15?,17+/m0/s1. The highest BCUT2D eigenvalue weighted by Gasteiger charge is 2.48. The van der Waals surface area contributed by atoms with E-state index < -0.39 is 48.3 Å². The minimum atomic E-state index is -4.57. The molecule has 0 radical (unpaired) electrons. The summed E-state index contributed by atoms with van der Waals surface area (Å²) in [6, 6.07) is 3.83. The number of nitrogens with zero attached hydrogens (tertiary/aromatic N) is 2. The van der Waals surface area contributed by atoms with E-state index in [1.54, 1.807) is 18.2 Å². The Morgan fingerprint density at radius 2 is 1.97 bits per heavy atom. The average molecular weight is 545 g/mol. The third-order valence-electron chi connectivity index (χ3n) is 4.93. The smallest absolute Gasteiger partial charge is 0.394 e. The first-order valence-corrected chi connectivity index (χ1v) is 11.9. The third kappa shape index (κ3) is 5.21. The number of rotatable bonds is 5. The Balaban J connectivity index is 1.56. The molecule has 33 heavy (non-hydrogen) atoms. The summed E-state index contributed by atoms with van der Waals surface area (Å²) in [4.78, 5) is 4.21. The van der Waals surface area contributed by atoms with Crippen LogP contribution in [0.1, 0.15) is 10.7 Å². The van der Waals surface area contributed by atoms with Crippen molar-refractivity contribution >= 4 is 52.0 Å². The van der Waals surface area contributed by atoms with Crippen LogP contribution in [0.25, 0.3) is 5.70 Å². The molecule has 0 bridgehead atoms. The van der Waals surface area contributed by atoms with Crippen molar-refractivity contribution in [3.05, 3.63) is 50.5 Å². The van der Waals surface area contributed by atoms with Gasteiger partial charge in [0.1, 0.15) is 40.5 Å². The summed E-state index contributed by atoms with van der Waals surface area (Å²) in [7, 11) is 0. The van der Waals surface area contributed by atoms with Gasteiger partial charge in [0.05, 0.1) is 16.7 Å². The van der Waals surface area contributed by atoms with E-state index in [4.69, 9.17) is 27.9 Å². The van der Waals surface area contributed by atoms with E-state index in [2.05, 4.69) is 15.9 Å². The summed E-state index contributed by atoms with van der Waals surface area (Å²) in [6.45, 7) is -0.526. The molecule has 15 heteroatoms. The largest absolute Gasteiger partial charge is 0.434 e. The van der Waals surface area contributed by atoms with Gasteiger partial charge in [-0.25, -0.2) is 4.98 Å². The second-order valence-electron chi connectivity index (χ2n) is 7.11. The SMILES string of the molecule is OCC1O[C@H](Sc2ccc(Cl)c(Cl)c2)C(O)C(N2C=C(c3nc(C(F)(F)F)cs3)NN2)[C@H]1O. The molecular formula is C18H17Cl2F3N4O4S2. The van der Waals surface area contributed by atoms with Crippen LogP contribution in [0, 0.1) is 0 Å². The molecule has 1 aromatic heterocycles. The van der Waals surface area contributed by atoms with Crippen molar-refractivity contribution in [1.82, 2.24) is 21.0 Å². The molecule has 3 unspecified atom stereocenters. The predicted octanol–water partition coefficient (Wildman–Crippen LogP) is 2.69. The third-order valence-corrected chi connectivity index (χ3v) is 7.69. The fraction of sp³-hybridized carbons (Fsp3) is 0.389. The molecule has 1 fully saturated rings. The van der Waals surface area contributed by atoms with Crippen LogP contribution < -0.4 is 11.0 Å². The van der Waals surface area contributed by atoms with Gasteiger partial charge in [-0.1, -0.05) is 35.0 Å². The predicted molar refractivity (Wildman–Crippen MR) is 117 cm³/mol. The summed E-state index contributed by atoms with van der Waals surface area (Å²) in [5, 5.41) is 34.3. The van der Waals surface area contributed by atoms with Crippen LogP contribution in [0.15, 0.2) is 34.7 Å². The fourth-order valence-electron chi connectivity index (χ4n) is 3.30. The number of hydrogen-bond donors (Lipinski definition) is 5. The van der Waals surface area contributed by atoms with Crippen molar-refractivity contribution in [3.63, 3.8) is 0 Å². The van der Waals surface area contributed by atoms with Crippen LogP contribution in [-0.2, 0) is 10.9 Å². The van der Waals surface area contributed by atoms with Crippen LogP contribution in [0.4, 0.5) is 13.2 Å². The molecule has 0 spiro atoms. The highest BCUT2D eigenvalue weighted by atomic mass is 35.5. The highest BCUT2D eigenvalue weighted by Crippen LogP contribution is 2.38. The van der Waals surface area contributed by atoms with Gasteiger partial charge in [-0.2, -0.15) is 13.2 Å². The first-order valence-electron chi connectivity index (χ1n) is 9.37. The Hall–Kier alpha value is -1.29. The summed E-state index contributed by atoms with van der Waals surface area (Å²) in [5.74, 6) is 0. The lowest BCUT2D eigenvalue weighted by molar-refractivity contribution is -0.189. The minimum Gasteiger partial charge on any atom is -0.394 e. The van der Waals surface area contributed by atoms with Gasteiger partial charge >= 0.3 is 6.18 Å². The molecule has 2 aromatic rings. The maximum atomic E-state index is 12.9. The van der Waals surface area contributed by atoms with E-state index in [0.29, 0.717) is 14.9 Å². The number of nitrogens with one attached hydrogen (secondary N) is 2. The van der Waals surface area contributed by atoms with Gasteiger partial charge in [0.25, 0.3) is 0 Å². The van der Waals surface area contributed by atoms with Crippen molar-refractivity contribution in [2.24, 2.45) is 0 Å². The van der Waals surface area contributed by atoms with Crippen molar-refractivity contribution < 1.29 is 33.2 Å². The molecule has 4 rings (SSSR count). The number of thioether (sulfide) groups is 1. The molecule has 5 N–H and O–H groups in total. The molecule has 1 saturated heterocycles. The summed E-state index contributed by atoms with van der Waals surface area (Å²) >= 11 is 13.9. The molecule has 2 aliphatic rings. The first-order chi connectivity index (χ1) is 15.6. The number of aliphatic hydroxyl groups excluding tert-OH is 3. The van der Waals surface area contributed by atoms with Gasteiger partial charge in [0.2, 0.25) is 0 Å². The zero-order valence-electron chi connectivity index (χ0n) is 16.3. The maximum absolute atomic E-state index is 12.9. The van der Waals surface area contributed by atoms with Crippen LogP contribution in [0.3, 0.4) is 0 Å². The monoisotopic (exact) mass is 544 g/mol. The van der Waals surface area contributed by atoms with E-state index in [0.717, 1.165) is 28.5 Å². The first kappa shape index (κ1) is 24.8. The molecule has 0 amide bonds. The number of halogens is 5. The van der Waals surface area contributed by atoms with Crippen LogP contribution >= 0.6 is 46.3 Å². The Kier molecular flexibility index (Phi) is 7.34. The molecule has 2 aliphatic heterocycles. The normalized spacial score (nSPS) is 28.1. The molecule has 8 nitrogen and oxygen atoms in total. The van der Waals surface area contributed by atoms with Gasteiger partial charge in [0, 0.05) is 16.5 Å². The maximum Gasteiger partial charge on any atom is 0.434 e. The highest BCUT2D eigenvalue weighted by molar-refractivity contribution is 7.99. The number of aromatic nitrogens is 1. The van der Waals surface area contributed by atoms with E-state index in [1.807, 2.05) is 0 Å². The lowest BCUT2D eigenvalue weighted by atomic mass is 9.97. The number of ether oxygens (including phenoxy) is 1. The number of benzene rings is 1. The number of thiazole rings is 1. The van der Waals surface area contributed by atoms with Crippen LogP contribution in [0.5, 0.6) is 0 Å². The molecule has 0 aliphatic carbocycles. The van der Waals surface area contributed by atoms with E-state index in [-0.39, 0.29) is 10.7 Å². The van der Waals surface area contributed by atoms with Crippen molar-refractivity contribution in [3.8, 4) is 0 Å². The second-order valence-corrected chi connectivity index (χ2v) is 9.96. The topological polar surface area (TPSA) is 110 Å². The molecule has 5 atom stereocenters. The fourth-order valence-corrected chi connectivity index (χ4v) is 5.56. The van der Waals surface area contributed by atoms with Crippen molar-refractivity contribution in [2.45, 2.75) is 40.9 Å². The van der Waals surface area contributed by atoms with Gasteiger partial charge in [-0.15, -0.1) is 16.9 Å². The summed E-state index contributed by atoms with van der Waals surface area (Å²) < 4.78 is 44.3. The molecule has 180 valence electrons. The van der Waals surface area contributed by atoms with Gasteiger partial charge in [-0.3, -0.25) is 10.4 Å². The zero-order chi connectivity index (χ0) is 23.9. The van der Waals surface area contributed by atoms with Gasteiger partial charge in [-0.05, 0) is 18.2 Å². The summed E-state index contributed by atoms with van der Waals surface area (Å²) in [6.07, 6.45) is -6.83. The Bertz CT molecular complexity index is 1040. The molecule has 1 aromatic carbocycles. The molecule has 0 saturated carbocycles. The Morgan fingerprint density at radius 3 is 2.61 bits per heavy atom. The molecule has 3 heterocycles. The van der Waals surface area contributed by atoms with Gasteiger partial charge < -0.3 is 20.1 Å². The number of aliphatic hydroxyl groups is 3. The number of hydrogen-bond acceptors (Lipinski definition) is 10. The number of alkyl halides is 3. The molecular weight excluding hydrogens is 528 g/mol. The van der Waals surface area contributed by atoms with Crippen LogP contribution in [-0.4, -0.2) is 61.7 Å². The Labute approximate surface area is 203 Å². The lowest BCUT2D eigenvalue weighted by Crippen LogP contribution is -2.65. The van der Waals surface area contributed by atoms with E-state index >= 15 is 0 Å². The van der Waals surface area contributed by atoms with Crippen LogP contribution in [0.2, 0.25) is 10.0 Å². The minimum absolute atomic E-state index is 0.0637. The van der Waals surface area contributed by atoms with Crippen molar-refractivity contribution in [1.29, 1.82) is 0 Å². The zero-order valence-corrected chi connectivity index (χ0v) is 19.5. The quantitative estimate of drug-likeness (QED) is 0.388. The Morgan fingerprint density at radius 1 is 1.21 bits per heavy atom. The van der Waals surface area contributed by atoms with Crippen molar-refractivity contribution in [2.75, 3.05) is 6.61 Å². The van der Waals surface area contributed by atoms with E-state index in [1.165, 1.54) is 11.2 Å². The lowest BCUT2D eigenvalue weighted by Gasteiger charge is -2.45. The summed E-state index contributed by atoms with van der Waals surface area (Å²) in [5.41, 5.74) is 3.68. The average Bonchev–Trinajstić information content (AvgIpc) is 3.42.